The number of anilines is 1. The van der Waals surface area contributed by atoms with Crippen molar-refractivity contribution in [2.45, 2.75) is 52.4 Å². The van der Waals surface area contributed by atoms with E-state index in [1.54, 1.807) is 11.3 Å². The second kappa shape index (κ2) is 6.21. The fourth-order valence-electron chi connectivity index (χ4n) is 2.57. The largest absolute Gasteiger partial charge is 0.316 e. The number of fused-ring (bicyclic) bond motifs is 1. The summed E-state index contributed by atoms with van der Waals surface area (Å²) in [5, 5.41) is 13.0. The first-order valence-corrected chi connectivity index (χ1v) is 7.84. The predicted molar refractivity (Wildman–Crippen MR) is 78.4 cm³/mol. The molecule has 0 radical (unpaired) electrons. The second-order valence-corrected chi connectivity index (χ2v) is 6.31. The fraction of sp³-hybridized carbons (Fsp3) is 0.600. The summed E-state index contributed by atoms with van der Waals surface area (Å²) >= 11 is 1.60. The summed E-state index contributed by atoms with van der Waals surface area (Å²) in [6.45, 7) is 4.02. The minimum atomic E-state index is 0.00988. The number of hydrogen-bond acceptors (Lipinski definition) is 3. The molecule has 1 aromatic rings. The van der Waals surface area contributed by atoms with Crippen LogP contribution in [0.15, 0.2) is 0 Å². The zero-order valence-electron chi connectivity index (χ0n) is 11.6. The highest BCUT2D eigenvalue weighted by molar-refractivity contribution is 7.16. The minimum absolute atomic E-state index is 0.00988. The third kappa shape index (κ3) is 2.98. The normalized spacial score (nSPS) is 15.4. The Kier molecular flexibility index (Phi) is 4.60. The number of thiophene rings is 1. The Balaban J connectivity index is 2.19. The average molecular weight is 276 g/mol. The lowest BCUT2D eigenvalue weighted by Gasteiger charge is -2.10. The molecule has 4 heteroatoms. The summed E-state index contributed by atoms with van der Waals surface area (Å²) < 4.78 is 0. The molecule has 0 saturated heterocycles. The highest BCUT2D eigenvalue weighted by Crippen LogP contribution is 2.37. The lowest BCUT2D eigenvalue weighted by molar-refractivity contribution is -0.119. The average Bonchev–Trinajstić information content (AvgIpc) is 2.75. The molecule has 1 aliphatic rings. The van der Waals surface area contributed by atoms with Crippen LogP contribution in [0.25, 0.3) is 0 Å². The van der Waals surface area contributed by atoms with E-state index in [1.807, 2.05) is 6.92 Å². The minimum Gasteiger partial charge on any atom is -0.316 e. The van der Waals surface area contributed by atoms with Crippen molar-refractivity contribution in [2.24, 2.45) is 5.92 Å². The maximum Gasteiger partial charge on any atom is 0.227 e. The van der Waals surface area contributed by atoms with Gasteiger partial charge in [0.05, 0.1) is 5.56 Å². The van der Waals surface area contributed by atoms with E-state index in [1.165, 1.54) is 16.9 Å². The Morgan fingerprint density at radius 1 is 1.47 bits per heavy atom. The standard InChI is InChI=1S/C15H20N2OS/c1-3-6-10(2)14(18)17-15-12(9-16)11-7-4-5-8-13(11)19-15/h10H,3-8H2,1-2H3,(H,17,18). The van der Waals surface area contributed by atoms with Gasteiger partial charge in [0, 0.05) is 10.8 Å². The molecule has 1 aromatic heterocycles. The summed E-state index contributed by atoms with van der Waals surface area (Å²) in [6, 6.07) is 2.28. The number of nitrogens with zero attached hydrogens (tertiary/aromatic N) is 1. The molecule has 1 unspecified atom stereocenters. The summed E-state index contributed by atoms with van der Waals surface area (Å²) in [6.07, 6.45) is 6.26. The number of carbonyl (C=O) groups is 1. The van der Waals surface area contributed by atoms with E-state index in [9.17, 15) is 10.1 Å². The van der Waals surface area contributed by atoms with Crippen LogP contribution in [0.2, 0.25) is 0 Å². The molecule has 1 amide bonds. The van der Waals surface area contributed by atoms with Crippen LogP contribution in [-0.2, 0) is 17.6 Å². The third-order valence-corrected chi connectivity index (χ3v) is 4.90. The van der Waals surface area contributed by atoms with E-state index < -0.39 is 0 Å². The molecule has 3 nitrogen and oxygen atoms in total. The topological polar surface area (TPSA) is 52.9 Å². The number of rotatable bonds is 4. The van der Waals surface area contributed by atoms with Crippen molar-refractivity contribution in [1.29, 1.82) is 5.26 Å². The number of nitrogens with one attached hydrogen (secondary N) is 1. The van der Waals surface area contributed by atoms with Crippen molar-refractivity contribution in [2.75, 3.05) is 5.32 Å². The van der Waals surface area contributed by atoms with E-state index in [0.29, 0.717) is 5.56 Å². The van der Waals surface area contributed by atoms with Gasteiger partial charge >= 0.3 is 0 Å². The van der Waals surface area contributed by atoms with E-state index in [4.69, 9.17) is 0 Å². The predicted octanol–water partition coefficient (Wildman–Crippen LogP) is 3.87. The molecule has 0 saturated carbocycles. The Hall–Kier alpha value is -1.34. The van der Waals surface area contributed by atoms with E-state index >= 15 is 0 Å². The van der Waals surface area contributed by atoms with E-state index in [0.717, 1.165) is 37.1 Å². The lowest BCUT2D eigenvalue weighted by atomic mass is 9.96. The molecule has 1 aliphatic carbocycles. The number of aryl methyl sites for hydroxylation is 1. The first-order valence-electron chi connectivity index (χ1n) is 7.02. The van der Waals surface area contributed by atoms with Gasteiger partial charge in [-0.3, -0.25) is 4.79 Å². The zero-order valence-corrected chi connectivity index (χ0v) is 12.4. The number of hydrogen-bond donors (Lipinski definition) is 1. The van der Waals surface area contributed by atoms with Gasteiger partial charge in [-0.1, -0.05) is 20.3 Å². The van der Waals surface area contributed by atoms with Gasteiger partial charge in [-0.25, -0.2) is 0 Å². The fourth-order valence-corrected chi connectivity index (χ4v) is 3.81. The molecule has 0 bridgehead atoms. The van der Waals surface area contributed by atoms with Gasteiger partial charge in [-0.15, -0.1) is 11.3 Å². The smallest absolute Gasteiger partial charge is 0.227 e. The quantitative estimate of drug-likeness (QED) is 0.907. The highest BCUT2D eigenvalue weighted by atomic mass is 32.1. The van der Waals surface area contributed by atoms with Gasteiger partial charge < -0.3 is 5.32 Å². The molecular formula is C15H20N2OS. The van der Waals surface area contributed by atoms with E-state index in [-0.39, 0.29) is 11.8 Å². The van der Waals surface area contributed by atoms with Crippen molar-refractivity contribution in [3.8, 4) is 6.07 Å². The highest BCUT2D eigenvalue weighted by Gasteiger charge is 2.22. The zero-order chi connectivity index (χ0) is 13.8. The molecule has 102 valence electrons. The van der Waals surface area contributed by atoms with Gasteiger partial charge in [0.25, 0.3) is 0 Å². The molecule has 1 atom stereocenters. The van der Waals surface area contributed by atoms with Gasteiger partial charge in [0.2, 0.25) is 5.91 Å². The molecule has 0 aliphatic heterocycles. The van der Waals surface area contributed by atoms with Crippen LogP contribution < -0.4 is 5.32 Å². The van der Waals surface area contributed by atoms with Crippen LogP contribution in [-0.4, -0.2) is 5.91 Å². The monoisotopic (exact) mass is 276 g/mol. The maximum atomic E-state index is 12.1. The molecule has 0 fully saturated rings. The Morgan fingerprint density at radius 3 is 2.89 bits per heavy atom. The summed E-state index contributed by atoms with van der Waals surface area (Å²) in [5.74, 6) is 0.0487. The molecule has 0 aromatic carbocycles. The maximum absolute atomic E-state index is 12.1. The molecular weight excluding hydrogens is 256 g/mol. The van der Waals surface area contributed by atoms with Crippen LogP contribution >= 0.6 is 11.3 Å². The Bertz CT molecular complexity index is 513. The van der Waals surface area contributed by atoms with Crippen molar-refractivity contribution >= 4 is 22.2 Å². The summed E-state index contributed by atoms with van der Waals surface area (Å²) in [4.78, 5) is 13.4. The summed E-state index contributed by atoms with van der Waals surface area (Å²) in [5.41, 5.74) is 1.88. The third-order valence-electron chi connectivity index (χ3n) is 3.69. The molecule has 0 spiro atoms. The molecule has 1 N–H and O–H groups in total. The van der Waals surface area contributed by atoms with Crippen molar-refractivity contribution < 1.29 is 4.79 Å². The van der Waals surface area contributed by atoms with Crippen LogP contribution in [0.4, 0.5) is 5.00 Å². The van der Waals surface area contributed by atoms with Crippen molar-refractivity contribution in [3.63, 3.8) is 0 Å². The first kappa shape index (κ1) is 14.1. The Labute approximate surface area is 118 Å². The van der Waals surface area contributed by atoms with Crippen LogP contribution in [0.1, 0.15) is 55.5 Å². The van der Waals surface area contributed by atoms with E-state index in [2.05, 4.69) is 18.3 Å². The van der Waals surface area contributed by atoms with Gasteiger partial charge in [-0.05, 0) is 37.7 Å². The SMILES string of the molecule is CCCC(C)C(=O)Nc1sc2c(c1C#N)CCCC2. The second-order valence-electron chi connectivity index (χ2n) is 5.21. The van der Waals surface area contributed by atoms with Gasteiger partial charge in [0.15, 0.2) is 0 Å². The van der Waals surface area contributed by atoms with Crippen molar-refractivity contribution in [1.82, 2.24) is 0 Å². The molecule has 1 heterocycles. The first-order chi connectivity index (χ1) is 9.17. The van der Waals surface area contributed by atoms with Gasteiger partial charge in [0.1, 0.15) is 11.1 Å². The molecule has 19 heavy (non-hydrogen) atoms. The molecule has 2 rings (SSSR count). The lowest BCUT2D eigenvalue weighted by Crippen LogP contribution is -2.20. The number of carbonyl (C=O) groups excluding carboxylic acids is 1. The number of amides is 1. The van der Waals surface area contributed by atoms with Crippen molar-refractivity contribution in [3.05, 3.63) is 16.0 Å². The van der Waals surface area contributed by atoms with Crippen LogP contribution in [0.5, 0.6) is 0 Å². The number of nitriles is 1. The van der Waals surface area contributed by atoms with Gasteiger partial charge in [-0.2, -0.15) is 5.26 Å². The van der Waals surface area contributed by atoms with Crippen LogP contribution in [0.3, 0.4) is 0 Å². The Morgan fingerprint density at radius 2 is 2.21 bits per heavy atom. The summed E-state index contributed by atoms with van der Waals surface area (Å²) in [7, 11) is 0. The van der Waals surface area contributed by atoms with Crippen LogP contribution in [0, 0.1) is 17.2 Å².